The zero-order chi connectivity index (χ0) is 13.7. The molecule has 0 radical (unpaired) electrons. The van der Waals surface area contributed by atoms with Gasteiger partial charge in [-0.25, -0.2) is 0 Å². The fraction of sp³-hybridized carbons (Fsp3) is 0.0667. The fourth-order valence-corrected chi connectivity index (χ4v) is 2.22. The largest absolute Gasteiger partial charge is 0.321 e. The molecule has 2 rings (SSSR count). The number of rotatable bonds is 3. The molecule has 1 aromatic heterocycles. The second kappa shape index (κ2) is 5.98. The Hall–Kier alpha value is -2.38. The smallest absolute Gasteiger partial charge is 0.266 e. The predicted octanol–water partition coefficient (Wildman–Crippen LogP) is 3.60. The Morgan fingerprint density at radius 1 is 1.32 bits per heavy atom. The molecule has 3 nitrogen and oxygen atoms in total. The van der Waals surface area contributed by atoms with Crippen molar-refractivity contribution in [2.75, 3.05) is 5.32 Å². The molecule has 0 bridgehead atoms. The van der Waals surface area contributed by atoms with Crippen LogP contribution in [0, 0.1) is 18.3 Å². The van der Waals surface area contributed by atoms with Crippen LogP contribution in [0.15, 0.2) is 47.4 Å². The number of benzene rings is 1. The number of hydrogen-bond acceptors (Lipinski definition) is 3. The first-order valence-electron chi connectivity index (χ1n) is 5.73. The monoisotopic (exact) mass is 268 g/mol. The number of carbonyl (C=O) groups excluding carboxylic acids is 1. The molecule has 2 aromatic rings. The summed E-state index contributed by atoms with van der Waals surface area (Å²) in [5.41, 5.74) is 1.79. The van der Waals surface area contributed by atoms with Gasteiger partial charge in [0.25, 0.3) is 5.91 Å². The van der Waals surface area contributed by atoms with Crippen LogP contribution in [0.4, 0.5) is 5.69 Å². The van der Waals surface area contributed by atoms with Crippen LogP contribution in [0.25, 0.3) is 6.08 Å². The normalized spacial score (nSPS) is 10.8. The number of aryl methyl sites for hydroxylation is 1. The minimum Gasteiger partial charge on any atom is -0.321 e. The number of thiophene rings is 1. The van der Waals surface area contributed by atoms with E-state index in [1.165, 1.54) is 11.3 Å². The summed E-state index contributed by atoms with van der Waals surface area (Å²) in [4.78, 5) is 12.9. The molecule has 0 aliphatic heterocycles. The molecule has 0 aliphatic carbocycles. The van der Waals surface area contributed by atoms with Crippen LogP contribution < -0.4 is 5.32 Å². The summed E-state index contributed by atoms with van der Waals surface area (Å²) in [6.07, 6.45) is 1.60. The summed E-state index contributed by atoms with van der Waals surface area (Å²) in [6.45, 7) is 1.91. The summed E-state index contributed by atoms with van der Waals surface area (Å²) >= 11 is 1.49. The predicted molar refractivity (Wildman–Crippen MR) is 77.7 cm³/mol. The molecule has 0 unspecified atom stereocenters. The Labute approximate surface area is 115 Å². The SMILES string of the molecule is Cc1ccccc1NC(=O)C(C#N)=Cc1cccs1. The first-order valence-corrected chi connectivity index (χ1v) is 6.61. The van der Waals surface area contributed by atoms with Gasteiger partial charge in [-0.1, -0.05) is 24.3 Å². The molecule has 94 valence electrons. The Balaban J connectivity index is 2.19. The van der Waals surface area contributed by atoms with E-state index in [0.717, 1.165) is 16.1 Å². The van der Waals surface area contributed by atoms with E-state index < -0.39 is 0 Å². The van der Waals surface area contributed by atoms with E-state index in [-0.39, 0.29) is 11.5 Å². The zero-order valence-electron chi connectivity index (χ0n) is 10.4. The molecule has 19 heavy (non-hydrogen) atoms. The van der Waals surface area contributed by atoms with Gasteiger partial charge in [-0.15, -0.1) is 11.3 Å². The van der Waals surface area contributed by atoms with Crippen molar-refractivity contribution < 1.29 is 4.79 Å². The second-order valence-corrected chi connectivity index (χ2v) is 4.93. The van der Waals surface area contributed by atoms with Gasteiger partial charge < -0.3 is 5.32 Å². The number of para-hydroxylation sites is 1. The van der Waals surface area contributed by atoms with Crippen molar-refractivity contribution >= 4 is 29.0 Å². The Kier molecular flexibility index (Phi) is 4.11. The van der Waals surface area contributed by atoms with E-state index in [2.05, 4.69) is 5.32 Å². The van der Waals surface area contributed by atoms with Crippen LogP contribution in [-0.2, 0) is 4.79 Å². The number of hydrogen-bond donors (Lipinski definition) is 1. The lowest BCUT2D eigenvalue weighted by Gasteiger charge is -2.06. The van der Waals surface area contributed by atoms with Gasteiger partial charge >= 0.3 is 0 Å². The summed E-state index contributed by atoms with van der Waals surface area (Å²) in [7, 11) is 0. The van der Waals surface area contributed by atoms with E-state index in [4.69, 9.17) is 5.26 Å². The van der Waals surface area contributed by atoms with Crippen molar-refractivity contribution in [2.45, 2.75) is 6.92 Å². The number of nitrogens with one attached hydrogen (secondary N) is 1. The highest BCUT2D eigenvalue weighted by molar-refractivity contribution is 7.10. The molecule has 4 heteroatoms. The minimum atomic E-state index is -0.384. The Morgan fingerprint density at radius 2 is 2.11 bits per heavy atom. The average Bonchev–Trinajstić information content (AvgIpc) is 2.91. The van der Waals surface area contributed by atoms with Gasteiger partial charge in [-0.3, -0.25) is 4.79 Å². The lowest BCUT2D eigenvalue weighted by Crippen LogP contribution is -2.14. The first kappa shape index (κ1) is 13.1. The van der Waals surface area contributed by atoms with Crippen molar-refractivity contribution in [1.29, 1.82) is 5.26 Å². The van der Waals surface area contributed by atoms with Crippen molar-refractivity contribution in [3.63, 3.8) is 0 Å². The summed E-state index contributed by atoms with van der Waals surface area (Å²) in [6, 6.07) is 13.1. The Morgan fingerprint density at radius 3 is 2.74 bits per heavy atom. The standard InChI is InChI=1S/C15H12N2OS/c1-11-5-2-3-7-14(11)17-15(18)12(10-16)9-13-6-4-8-19-13/h2-9H,1H3,(H,17,18). The van der Waals surface area contributed by atoms with Crippen LogP contribution >= 0.6 is 11.3 Å². The third-order valence-electron chi connectivity index (χ3n) is 2.59. The Bertz CT molecular complexity index is 651. The van der Waals surface area contributed by atoms with Crippen molar-refractivity contribution in [3.8, 4) is 6.07 Å². The third-order valence-corrected chi connectivity index (χ3v) is 3.41. The highest BCUT2D eigenvalue weighted by atomic mass is 32.1. The van der Waals surface area contributed by atoms with E-state index >= 15 is 0 Å². The minimum absolute atomic E-state index is 0.103. The van der Waals surface area contributed by atoms with Gasteiger partial charge in [-0.05, 0) is 36.1 Å². The van der Waals surface area contributed by atoms with Gasteiger partial charge in [0.15, 0.2) is 0 Å². The second-order valence-electron chi connectivity index (χ2n) is 3.95. The van der Waals surface area contributed by atoms with E-state index in [1.807, 2.05) is 54.8 Å². The maximum atomic E-state index is 12.0. The highest BCUT2D eigenvalue weighted by Crippen LogP contribution is 2.17. The van der Waals surface area contributed by atoms with Crippen LogP contribution in [-0.4, -0.2) is 5.91 Å². The quantitative estimate of drug-likeness (QED) is 0.683. The molecule has 0 atom stereocenters. The van der Waals surface area contributed by atoms with Gasteiger partial charge in [-0.2, -0.15) is 5.26 Å². The topological polar surface area (TPSA) is 52.9 Å². The molecule has 1 amide bonds. The molecule has 0 saturated carbocycles. The van der Waals surface area contributed by atoms with Crippen LogP contribution in [0.1, 0.15) is 10.4 Å². The van der Waals surface area contributed by atoms with Gasteiger partial charge in [0.2, 0.25) is 0 Å². The van der Waals surface area contributed by atoms with Gasteiger partial charge in [0.1, 0.15) is 11.6 Å². The first-order chi connectivity index (χ1) is 9.20. The van der Waals surface area contributed by atoms with E-state index in [0.29, 0.717) is 0 Å². The van der Waals surface area contributed by atoms with Crippen molar-refractivity contribution in [2.24, 2.45) is 0 Å². The summed E-state index contributed by atoms with van der Waals surface area (Å²) < 4.78 is 0. The third kappa shape index (κ3) is 3.30. The number of nitrogens with zero attached hydrogens (tertiary/aromatic N) is 1. The number of amides is 1. The summed E-state index contributed by atoms with van der Waals surface area (Å²) in [5, 5.41) is 13.7. The number of carbonyl (C=O) groups is 1. The molecule has 0 aliphatic rings. The van der Waals surface area contributed by atoms with Crippen LogP contribution in [0.2, 0.25) is 0 Å². The lowest BCUT2D eigenvalue weighted by molar-refractivity contribution is -0.112. The molecule has 0 saturated heterocycles. The van der Waals surface area contributed by atoms with Crippen LogP contribution in [0.5, 0.6) is 0 Å². The van der Waals surface area contributed by atoms with Crippen molar-refractivity contribution in [1.82, 2.24) is 0 Å². The summed E-state index contributed by atoms with van der Waals surface area (Å²) in [5.74, 6) is -0.384. The fourth-order valence-electron chi connectivity index (χ4n) is 1.57. The number of nitriles is 1. The van der Waals surface area contributed by atoms with Crippen LogP contribution in [0.3, 0.4) is 0 Å². The lowest BCUT2D eigenvalue weighted by atomic mass is 10.2. The molecule has 1 heterocycles. The number of anilines is 1. The maximum Gasteiger partial charge on any atom is 0.266 e. The average molecular weight is 268 g/mol. The highest BCUT2D eigenvalue weighted by Gasteiger charge is 2.10. The molecular formula is C15H12N2OS. The molecular weight excluding hydrogens is 256 g/mol. The van der Waals surface area contributed by atoms with E-state index in [9.17, 15) is 4.79 Å². The zero-order valence-corrected chi connectivity index (χ0v) is 11.2. The molecule has 0 fully saturated rings. The van der Waals surface area contributed by atoms with Crippen molar-refractivity contribution in [3.05, 3.63) is 57.8 Å². The molecule has 1 aromatic carbocycles. The van der Waals surface area contributed by atoms with Gasteiger partial charge in [0.05, 0.1) is 0 Å². The molecule has 1 N–H and O–H groups in total. The molecule has 0 spiro atoms. The maximum absolute atomic E-state index is 12.0. The van der Waals surface area contributed by atoms with E-state index in [1.54, 1.807) is 6.08 Å². The van der Waals surface area contributed by atoms with Gasteiger partial charge in [0, 0.05) is 10.6 Å².